The maximum absolute atomic E-state index is 12.5. The third kappa shape index (κ3) is 5.35. The molecule has 7 nitrogen and oxygen atoms in total. The third-order valence-corrected chi connectivity index (χ3v) is 6.71. The number of carboxylic acid groups (broad SMARTS) is 1. The van der Waals surface area contributed by atoms with E-state index in [9.17, 15) is 14.4 Å². The lowest BCUT2D eigenvalue weighted by molar-refractivity contribution is -0.141. The van der Waals surface area contributed by atoms with Crippen LogP contribution in [0.3, 0.4) is 0 Å². The van der Waals surface area contributed by atoms with Crippen molar-refractivity contribution in [3.05, 3.63) is 59.7 Å². The highest BCUT2D eigenvalue weighted by atomic mass is 16.5. The summed E-state index contributed by atoms with van der Waals surface area (Å²) in [4.78, 5) is 35.4. The predicted octanol–water partition coefficient (Wildman–Crippen LogP) is 3.92. The number of nitrogens with one attached hydrogen (secondary N) is 2. The van der Waals surface area contributed by atoms with Crippen LogP contribution in [-0.2, 0) is 14.3 Å². The Bertz CT molecular complexity index is 991. The third-order valence-electron chi connectivity index (χ3n) is 6.71. The molecule has 0 aliphatic heterocycles. The molecule has 0 bridgehead atoms. The summed E-state index contributed by atoms with van der Waals surface area (Å²) in [6.45, 7) is 1.97. The van der Waals surface area contributed by atoms with Crippen molar-refractivity contribution < 1.29 is 24.2 Å². The molecule has 0 aromatic heterocycles. The topological polar surface area (TPSA) is 105 Å². The fourth-order valence-corrected chi connectivity index (χ4v) is 4.89. The van der Waals surface area contributed by atoms with E-state index < -0.39 is 18.0 Å². The first-order chi connectivity index (χ1) is 15.9. The van der Waals surface area contributed by atoms with Gasteiger partial charge >= 0.3 is 12.1 Å². The van der Waals surface area contributed by atoms with Gasteiger partial charge in [0.15, 0.2) is 0 Å². The zero-order chi connectivity index (χ0) is 23.4. The quantitative estimate of drug-likeness (QED) is 0.565. The molecular weight excluding hydrogens is 420 g/mol. The number of rotatable bonds is 8. The van der Waals surface area contributed by atoms with Crippen molar-refractivity contribution >= 4 is 18.0 Å². The van der Waals surface area contributed by atoms with Gasteiger partial charge < -0.3 is 20.5 Å². The Morgan fingerprint density at radius 1 is 1.03 bits per heavy atom. The molecule has 3 atom stereocenters. The van der Waals surface area contributed by atoms with Crippen LogP contribution in [-0.4, -0.2) is 42.3 Å². The van der Waals surface area contributed by atoms with Gasteiger partial charge in [-0.15, -0.1) is 0 Å². The monoisotopic (exact) mass is 450 g/mol. The van der Waals surface area contributed by atoms with Gasteiger partial charge in [-0.3, -0.25) is 9.59 Å². The first kappa shape index (κ1) is 22.8. The van der Waals surface area contributed by atoms with Crippen LogP contribution in [0.15, 0.2) is 48.5 Å². The molecule has 33 heavy (non-hydrogen) atoms. The van der Waals surface area contributed by atoms with Crippen molar-refractivity contribution in [2.45, 2.75) is 44.6 Å². The molecule has 3 unspecified atom stereocenters. The van der Waals surface area contributed by atoms with Crippen LogP contribution < -0.4 is 10.6 Å². The van der Waals surface area contributed by atoms with Crippen molar-refractivity contribution in [2.24, 2.45) is 11.8 Å². The van der Waals surface area contributed by atoms with Crippen LogP contribution in [0, 0.1) is 11.8 Å². The van der Waals surface area contributed by atoms with Gasteiger partial charge in [-0.25, -0.2) is 4.79 Å². The number of aliphatic carboxylic acids is 1. The highest BCUT2D eigenvalue weighted by molar-refractivity contribution is 5.79. The highest BCUT2D eigenvalue weighted by Gasteiger charge is 2.31. The summed E-state index contributed by atoms with van der Waals surface area (Å²) in [6, 6.07) is 16.4. The zero-order valence-electron chi connectivity index (χ0n) is 18.8. The fourth-order valence-electron chi connectivity index (χ4n) is 4.89. The molecule has 7 heteroatoms. The van der Waals surface area contributed by atoms with E-state index in [1.165, 1.54) is 22.3 Å². The van der Waals surface area contributed by atoms with Gasteiger partial charge in [0, 0.05) is 24.9 Å². The first-order valence-electron chi connectivity index (χ1n) is 11.5. The minimum absolute atomic E-state index is 0.0172. The van der Waals surface area contributed by atoms with E-state index in [1.54, 1.807) is 6.92 Å². The molecule has 2 aromatic carbocycles. The molecule has 0 heterocycles. The molecule has 3 N–H and O–H groups in total. The molecule has 0 spiro atoms. The Kier molecular flexibility index (Phi) is 6.96. The number of hydrogen-bond acceptors (Lipinski definition) is 4. The Balaban J connectivity index is 1.24. The van der Waals surface area contributed by atoms with Gasteiger partial charge in [0.25, 0.3) is 0 Å². The second-order valence-corrected chi connectivity index (χ2v) is 9.09. The summed E-state index contributed by atoms with van der Waals surface area (Å²) in [5.74, 6) is -1.49. The van der Waals surface area contributed by atoms with Gasteiger partial charge in [-0.05, 0) is 47.4 Å². The summed E-state index contributed by atoms with van der Waals surface area (Å²) in [7, 11) is 0. The molecule has 174 valence electrons. The van der Waals surface area contributed by atoms with E-state index in [2.05, 4.69) is 34.9 Å². The Hall–Kier alpha value is -3.35. The average molecular weight is 451 g/mol. The SMILES string of the molecule is CC(CNC(=O)CC1CCC(NC(=O)OCC2c3ccccc3-c3ccccc32)C1)C(=O)O. The molecule has 0 radical (unpaired) electrons. The van der Waals surface area contributed by atoms with Crippen LogP contribution in [0.2, 0.25) is 0 Å². The fraction of sp³-hybridized carbons (Fsp3) is 0.423. The summed E-state index contributed by atoms with van der Waals surface area (Å²) in [6.07, 6.45) is 2.27. The number of fused-ring (bicyclic) bond motifs is 3. The molecule has 4 rings (SSSR count). The lowest BCUT2D eigenvalue weighted by Crippen LogP contribution is -2.35. The standard InChI is InChI=1S/C26H30N2O5/c1-16(25(30)31)14-27-24(29)13-17-10-11-18(12-17)28-26(32)33-15-23-21-8-4-2-6-19(21)20-7-3-5-9-22(20)23/h2-9,16-18,23H,10-15H2,1H3,(H,27,29)(H,28,32)(H,30,31). The molecule has 1 fully saturated rings. The number of amides is 2. The first-order valence-corrected chi connectivity index (χ1v) is 11.5. The number of carboxylic acids is 1. The van der Waals surface area contributed by atoms with Gasteiger partial charge in [0.2, 0.25) is 5.91 Å². The van der Waals surface area contributed by atoms with E-state index in [1.807, 2.05) is 24.3 Å². The smallest absolute Gasteiger partial charge is 0.407 e. The number of alkyl carbamates (subject to hydrolysis) is 1. The number of carbonyl (C=O) groups excluding carboxylic acids is 2. The lowest BCUT2D eigenvalue weighted by atomic mass is 9.98. The van der Waals surface area contributed by atoms with Crippen molar-refractivity contribution in [3.8, 4) is 11.1 Å². The maximum Gasteiger partial charge on any atom is 0.407 e. The Labute approximate surface area is 193 Å². The Morgan fingerprint density at radius 2 is 1.67 bits per heavy atom. The van der Waals surface area contributed by atoms with Crippen LogP contribution in [0.1, 0.15) is 49.7 Å². The highest BCUT2D eigenvalue weighted by Crippen LogP contribution is 2.44. The minimum atomic E-state index is -0.927. The molecule has 0 saturated heterocycles. The summed E-state index contributed by atoms with van der Waals surface area (Å²) in [5.41, 5.74) is 4.74. The number of benzene rings is 2. The van der Waals surface area contributed by atoms with E-state index in [4.69, 9.17) is 9.84 Å². The predicted molar refractivity (Wildman–Crippen MR) is 124 cm³/mol. The molecule has 2 aliphatic carbocycles. The largest absolute Gasteiger partial charge is 0.481 e. The summed E-state index contributed by atoms with van der Waals surface area (Å²) in [5, 5.41) is 14.5. The molecule has 2 amide bonds. The van der Waals surface area contributed by atoms with E-state index >= 15 is 0 Å². The second-order valence-electron chi connectivity index (χ2n) is 9.09. The molecule has 1 saturated carbocycles. The average Bonchev–Trinajstić information content (AvgIpc) is 3.37. The van der Waals surface area contributed by atoms with Crippen LogP contribution in [0.25, 0.3) is 11.1 Å². The maximum atomic E-state index is 12.5. The molecular formula is C26H30N2O5. The summed E-state index contributed by atoms with van der Waals surface area (Å²) < 4.78 is 5.62. The van der Waals surface area contributed by atoms with Crippen molar-refractivity contribution in [1.29, 1.82) is 0 Å². The van der Waals surface area contributed by atoms with Gasteiger partial charge in [0.1, 0.15) is 6.61 Å². The van der Waals surface area contributed by atoms with E-state index in [-0.39, 0.29) is 36.9 Å². The van der Waals surface area contributed by atoms with Crippen molar-refractivity contribution in [1.82, 2.24) is 10.6 Å². The normalized spacial score (nSPS) is 19.9. The Morgan fingerprint density at radius 3 is 2.30 bits per heavy atom. The van der Waals surface area contributed by atoms with Crippen molar-refractivity contribution in [3.63, 3.8) is 0 Å². The number of ether oxygens (including phenoxy) is 1. The van der Waals surface area contributed by atoms with Crippen LogP contribution in [0.5, 0.6) is 0 Å². The minimum Gasteiger partial charge on any atom is -0.481 e. The second kappa shape index (κ2) is 10.1. The van der Waals surface area contributed by atoms with Crippen LogP contribution in [0.4, 0.5) is 4.79 Å². The number of carbonyl (C=O) groups is 3. The zero-order valence-corrected chi connectivity index (χ0v) is 18.8. The van der Waals surface area contributed by atoms with Crippen LogP contribution >= 0.6 is 0 Å². The van der Waals surface area contributed by atoms with E-state index in [0.717, 1.165) is 12.8 Å². The lowest BCUT2D eigenvalue weighted by Gasteiger charge is -2.17. The molecule has 2 aromatic rings. The van der Waals surface area contributed by atoms with Gasteiger partial charge in [-0.1, -0.05) is 55.5 Å². The van der Waals surface area contributed by atoms with E-state index in [0.29, 0.717) is 12.8 Å². The molecule has 2 aliphatic rings. The van der Waals surface area contributed by atoms with Crippen molar-refractivity contribution in [2.75, 3.05) is 13.2 Å². The van der Waals surface area contributed by atoms with Gasteiger partial charge in [0.05, 0.1) is 5.92 Å². The van der Waals surface area contributed by atoms with Gasteiger partial charge in [-0.2, -0.15) is 0 Å². The summed E-state index contributed by atoms with van der Waals surface area (Å²) >= 11 is 0. The number of hydrogen-bond donors (Lipinski definition) is 3.